The summed E-state index contributed by atoms with van der Waals surface area (Å²) in [4.78, 5) is 15.9. The van der Waals surface area contributed by atoms with Crippen LogP contribution in [-0.4, -0.2) is 11.2 Å². The lowest BCUT2D eigenvalue weighted by atomic mass is 10.3. The molecule has 4 heteroatoms. The molecule has 1 aromatic carbocycles. The van der Waals surface area contributed by atoms with Crippen molar-refractivity contribution in [3.63, 3.8) is 0 Å². The Kier molecular flexibility index (Phi) is 2.33. The molecule has 13 heavy (non-hydrogen) atoms. The summed E-state index contributed by atoms with van der Waals surface area (Å²) in [5.41, 5.74) is 0.788. The van der Waals surface area contributed by atoms with Crippen molar-refractivity contribution in [2.24, 2.45) is 0 Å². The van der Waals surface area contributed by atoms with Crippen molar-refractivity contribution >= 4 is 34.0 Å². The fraction of sp³-hybridized carbons (Fsp3) is 0.111. The largest absolute Gasteiger partial charge is 0.277 e. The van der Waals surface area contributed by atoms with Crippen LogP contribution in [0.1, 0.15) is 0 Å². The molecule has 0 N–H and O–H groups in total. The van der Waals surface area contributed by atoms with Crippen molar-refractivity contribution < 1.29 is 0 Å². The molecule has 0 radical (unpaired) electrons. The zero-order valence-electron chi connectivity index (χ0n) is 6.98. The molecule has 2 nitrogen and oxygen atoms in total. The van der Waals surface area contributed by atoms with E-state index in [0.29, 0.717) is 5.39 Å². The van der Waals surface area contributed by atoms with E-state index < -0.39 is 0 Å². The van der Waals surface area contributed by atoms with Crippen molar-refractivity contribution in [2.75, 3.05) is 6.26 Å². The molecule has 0 unspecified atom stereocenters. The molecule has 0 saturated carbocycles. The van der Waals surface area contributed by atoms with E-state index in [0.717, 1.165) is 9.86 Å². The van der Waals surface area contributed by atoms with Gasteiger partial charge in [0.1, 0.15) is 0 Å². The summed E-state index contributed by atoms with van der Waals surface area (Å²) in [5, 5.41) is 0.713. The summed E-state index contributed by atoms with van der Waals surface area (Å²) < 4.78 is 0.915. The summed E-state index contributed by atoms with van der Waals surface area (Å²) in [6, 6.07) is 7.43. The number of rotatable bonds is 1. The lowest BCUT2D eigenvalue weighted by Crippen LogP contribution is -1.97. The molecule has 0 fully saturated rings. The summed E-state index contributed by atoms with van der Waals surface area (Å²) in [5.74, 6) is 0. The first-order valence-electron chi connectivity index (χ1n) is 3.75. The molecule has 0 saturated heterocycles. The Hall–Kier alpha value is -0.870. The van der Waals surface area contributed by atoms with Crippen LogP contribution in [0.3, 0.4) is 0 Å². The van der Waals surface area contributed by atoms with Crippen molar-refractivity contribution in [1.29, 1.82) is 0 Å². The van der Waals surface area contributed by atoms with E-state index in [-0.39, 0.29) is 4.74 Å². The van der Waals surface area contributed by atoms with Gasteiger partial charge in [-0.2, -0.15) is 0 Å². The van der Waals surface area contributed by atoms with Crippen LogP contribution in [0.5, 0.6) is 0 Å². The average molecular weight is 209 g/mol. The lowest BCUT2D eigenvalue weighted by Gasteiger charge is -1.96. The normalized spacial score (nSPS) is 10.5. The lowest BCUT2D eigenvalue weighted by molar-refractivity contribution is 1.28. The summed E-state index contributed by atoms with van der Waals surface area (Å²) >= 11 is 2.71. The maximum atomic E-state index is 11.5. The van der Waals surface area contributed by atoms with Gasteiger partial charge < -0.3 is 0 Å². The minimum Gasteiger partial charge on any atom is -0.277 e. The predicted molar refractivity (Wildman–Crippen MR) is 57.7 cm³/mol. The fourth-order valence-corrected chi connectivity index (χ4v) is 2.42. The molecule has 0 aliphatic rings. The van der Waals surface area contributed by atoms with Crippen LogP contribution >= 0.6 is 23.1 Å². The van der Waals surface area contributed by atoms with Gasteiger partial charge in [0.05, 0.1) is 10.9 Å². The van der Waals surface area contributed by atoms with Crippen LogP contribution in [0, 0.1) is 0 Å². The molecule has 1 heterocycles. The van der Waals surface area contributed by atoms with Gasteiger partial charge in [-0.25, -0.2) is 4.98 Å². The van der Waals surface area contributed by atoms with Crippen molar-refractivity contribution in [1.82, 2.24) is 4.98 Å². The molecule has 0 atom stereocenters. The Balaban J connectivity index is 2.85. The first-order chi connectivity index (χ1) is 6.31. The smallest absolute Gasteiger partial charge is 0.244 e. The molecule has 66 valence electrons. The van der Waals surface area contributed by atoms with E-state index in [1.165, 1.54) is 23.1 Å². The molecule has 0 amide bonds. The standard InChI is InChI=1S/C9H7NOS2/c1-12-9-10-7-5-3-2-4-6(7)8(11)13-9/h2-5H,1H3. The highest BCUT2D eigenvalue weighted by atomic mass is 32.2. The van der Waals surface area contributed by atoms with Gasteiger partial charge in [0.2, 0.25) is 4.74 Å². The Morgan fingerprint density at radius 1 is 1.38 bits per heavy atom. The Bertz CT molecular complexity index is 492. The van der Waals surface area contributed by atoms with Crippen LogP contribution < -0.4 is 4.74 Å². The van der Waals surface area contributed by atoms with Crippen molar-refractivity contribution in [3.8, 4) is 0 Å². The van der Waals surface area contributed by atoms with E-state index in [9.17, 15) is 4.79 Å². The minimum absolute atomic E-state index is 0.0925. The highest BCUT2D eigenvalue weighted by molar-refractivity contribution is 8.00. The zero-order chi connectivity index (χ0) is 9.26. The number of para-hydroxylation sites is 1. The summed E-state index contributed by atoms with van der Waals surface area (Å²) in [7, 11) is 0. The highest BCUT2D eigenvalue weighted by Gasteiger charge is 2.01. The van der Waals surface area contributed by atoms with Crippen LogP contribution in [-0.2, 0) is 0 Å². The van der Waals surface area contributed by atoms with Gasteiger partial charge in [-0.15, -0.1) is 0 Å². The van der Waals surface area contributed by atoms with E-state index in [1.54, 1.807) is 0 Å². The summed E-state index contributed by atoms with van der Waals surface area (Å²) in [6.45, 7) is 0. The third kappa shape index (κ3) is 1.59. The fourth-order valence-electron chi connectivity index (χ4n) is 1.09. The SMILES string of the molecule is CSc1nc2ccccc2c(=O)s1. The molecule has 0 bridgehead atoms. The van der Waals surface area contributed by atoms with E-state index in [4.69, 9.17) is 0 Å². The predicted octanol–water partition coefficient (Wildman–Crippen LogP) is 2.38. The quantitative estimate of drug-likeness (QED) is 0.675. The third-order valence-corrected chi connectivity index (χ3v) is 3.55. The molecular formula is C9H7NOS2. The van der Waals surface area contributed by atoms with Gasteiger partial charge in [-0.1, -0.05) is 35.2 Å². The van der Waals surface area contributed by atoms with Gasteiger partial charge in [-0.05, 0) is 18.4 Å². The van der Waals surface area contributed by atoms with E-state index in [1.807, 2.05) is 30.5 Å². The van der Waals surface area contributed by atoms with Gasteiger partial charge in [-0.3, -0.25) is 4.79 Å². The van der Waals surface area contributed by atoms with Crippen molar-refractivity contribution in [3.05, 3.63) is 33.8 Å². The van der Waals surface area contributed by atoms with Crippen LogP contribution in [0.25, 0.3) is 10.9 Å². The van der Waals surface area contributed by atoms with Crippen LogP contribution in [0.15, 0.2) is 33.4 Å². The number of thioether (sulfide) groups is 1. The molecule has 0 spiro atoms. The second-order valence-corrected chi connectivity index (χ2v) is 4.50. The number of aromatic nitrogens is 1. The number of benzene rings is 1. The molecule has 1 aromatic heterocycles. The average Bonchev–Trinajstić information content (AvgIpc) is 2.18. The zero-order valence-corrected chi connectivity index (χ0v) is 8.61. The van der Waals surface area contributed by atoms with Crippen molar-refractivity contribution in [2.45, 2.75) is 4.34 Å². The molecule has 2 aromatic rings. The van der Waals surface area contributed by atoms with Crippen LogP contribution in [0.2, 0.25) is 0 Å². The third-order valence-electron chi connectivity index (χ3n) is 1.69. The second kappa shape index (κ2) is 3.47. The summed E-state index contributed by atoms with van der Waals surface area (Å²) in [6.07, 6.45) is 1.92. The van der Waals surface area contributed by atoms with Crippen LogP contribution in [0.4, 0.5) is 0 Å². The van der Waals surface area contributed by atoms with E-state index >= 15 is 0 Å². The van der Waals surface area contributed by atoms with Gasteiger partial charge in [0, 0.05) is 0 Å². The highest BCUT2D eigenvalue weighted by Crippen LogP contribution is 2.17. The number of fused-ring (bicyclic) bond motifs is 1. The monoisotopic (exact) mass is 209 g/mol. The van der Waals surface area contributed by atoms with Gasteiger partial charge >= 0.3 is 0 Å². The first-order valence-corrected chi connectivity index (χ1v) is 5.79. The van der Waals surface area contributed by atoms with Gasteiger partial charge in [0.15, 0.2) is 4.34 Å². The minimum atomic E-state index is 0.0925. The molecular weight excluding hydrogens is 202 g/mol. The Labute approximate surface area is 83.6 Å². The number of nitrogens with zero attached hydrogens (tertiary/aromatic N) is 1. The Morgan fingerprint density at radius 3 is 2.92 bits per heavy atom. The van der Waals surface area contributed by atoms with Gasteiger partial charge in [0.25, 0.3) is 0 Å². The maximum absolute atomic E-state index is 11.5. The van der Waals surface area contributed by atoms with E-state index in [2.05, 4.69) is 4.98 Å². The molecule has 0 aliphatic carbocycles. The molecule has 2 rings (SSSR count). The maximum Gasteiger partial charge on any atom is 0.244 e. The topological polar surface area (TPSA) is 30.0 Å². The number of hydrogen-bond donors (Lipinski definition) is 0. The Morgan fingerprint density at radius 2 is 2.15 bits per heavy atom. The number of hydrogen-bond acceptors (Lipinski definition) is 4. The molecule has 0 aliphatic heterocycles. The second-order valence-electron chi connectivity index (χ2n) is 2.49. The first kappa shape index (κ1) is 8.72.